The second-order valence-corrected chi connectivity index (χ2v) is 3.52. The van der Waals surface area contributed by atoms with Crippen molar-refractivity contribution in [3.8, 4) is 0 Å². The van der Waals surface area contributed by atoms with Crippen molar-refractivity contribution in [2.75, 3.05) is 37.8 Å². The summed E-state index contributed by atoms with van der Waals surface area (Å²) < 4.78 is 0. The van der Waals surface area contributed by atoms with E-state index in [4.69, 9.17) is 5.73 Å². The molecular weight excluding hydrogens is 174 g/mol. The van der Waals surface area contributed by atoms with Gasteiger partial charge >= 0.3 is 0 Å². The van der Waals surface area contributed by atoms with Crippen molar-refractivity contribution < 1.29 is 0 Å². The molecule has 0 spiro atoms. The molecule has 0 aliphatic heterocycles. The molecule has 0 unspecified atom stereocenters. The van der Waals surface area contributed by atoms with Crippen LogP contribution in [0.4, 0.5) is 11.4 Å². The summed E-state index contributed by atoms with van der Waals surface area (Å²) in [7, 11) is 4.04. The van der Waals surface area contributed by atoms with E-state index in [0.29, 0.717) is 0 Å². The summed E-state index contributed by atoms with van der Waals surface area (Å²) in [6.45, 7) is 4.02. The molecular formula is C11H19N3. The summed E-state index contributed by atoms with van der Waals surface area (Å²) in [5, 5.41) is 3.13. The molecule has 1 aromatic rings. The van der Waals surface area contributed by atoms with Gasteiger partial charge in [-0.2, -0.15) is 0 Å². The third-order valence-corrected chi connectivity index (χ3v) is 2.46. The molecule has 3 nitrogen and oxygen atoms in total. The lowest BCUT2D eigenvalue weighted by Crippen LogP contribution is -2.27. The molecule has 0 radical (unpaired) electrons. The monoisotopic (exact) mass is 193 g/mol. The van der Waals surface area contributed by atoms with E-state index < -0.39 is 0 Å². The van der Waals surface area contributed by atoms with Crippen molar-refractivity contribution in [1.82, 2.24) is 5.32 Å². The molecule has 78 valence electrons. The Bertz CT molecular complexity index is 297. The highest BCUT2D eigenvalue weighted by Gasteiger charge is 2.05. The third kappa shape index (κ3) is 2.39. The number of benzene rings is 1. The van der Waals surface area contributed by atoms with E-state index in [9.17, 15) is 0 Å². The predicted octanol–water partition coefficient (Wildman–Crippen LogP) is 1.23. The fourth-order valence-corrected chi connectivity index (χ4v) is 1.45. The third-order valence-electron chi connectivity index (χ3n) is 2.46. The number of anilines is 2. The molecule has 1 rings (SSSR count). The number of nitrogens with one attached hydrogen (secondary N) is 1. The average molecular weight is 193 g/mol. The van der Waals surface area contributed by atoms with Crippen LogP contribution in [0, 0.1) is 6.92 Å². The smallest absolute Gasteiger partial charge is 0.0414 e. The molecule has 0 fully saturated rings. The fourth-order valence-electron chi connectivity index (χ4n) is 1.45. The Kier molecular flexibility index (Phi) is 3.77. The van der Waals surface area contributed by atoms with Crippen molar-refractivity contribution in [3.05, 3.63) is 23.8 Å². The van der Waals surface area contributed by atoms with E-state index in [-0.39, 0.29) is 0 Å². The predicted molar refractivity (Wildman–Crippen MR) is 62.8 cm³/mol. The van der Waals surface area contributed by atoms with Crippen LogP contribution >= 0.6 is 0 Å². The van der Waals surface area contributed by atoms with Gasteiger partial charge in [-0.05, 0) is 31.7 Å². The number of nitrogens with zero attached hydrogens (tertiary/aromatic N) is 1. The average Bonchev–Trinajstić information content (AvgIpc) is 2.18. The fraction of sp³-hybridized carbons (Fsp3) is 0.455. The summed E-state index contributed by atoms with van der Waals surface area (Å²) in [5.74, 6) is 0. The van der Waals surface area contributed by atoms with Crippen molar-refractivity contribution in [2.45, 2.75) is 6.92 Å². The quantitative estimate of drug-likeness (QED) is 0.707. The first-order valence-corrected chi connectivity index (χ1v) is 4.87. The zero-order valence-corrected chi connectivity index (χ0v) is 9.17. The highest BCUT2D eigenvalue weighted by molar-refractivity contribution is 5.63. The lowest BCUT2D eigenvalue weighted by Gasteiger charge is -2.21. The SMILES string of the molecule is CNCCN(C)c1cccc(N)c1C. The van der Waals surface area contributed by atoms with Crippen LogP contribution in [0.15, 0.2) is 18.2 Å². The van der Waals surface area contributed by atoms with E-state index in [1.54, 1.807) is 0 Å². The van der Waals surface area contributed by atoms with Crippen LogP contribution in [-0.2, 0) is 0 Å². The minimum atomic E-state index is 0.860. The van der Waals surface area contributed by atoms with Crippen LogP contribution in [0.1, 0.15) is 5.56 Å². The number of nitrogens with two attached hydrogens (primary N) is 1. The van der Waals surface area contributed by atoms with Gasteiger partial charge in [-0.3, -0.25) is 0 Å². The van der Waals surface area contributed by atoms with E-state index in [1.165, 1.54) is 5.69 Å². The number of nitrogen functional groups attached to an aromatic ring is 1. The molecule has 0 heterocycles. The van der Waals surface area contributed by atoms with Gasteiger partial charge in [-0.15, -0.1) is 0 Å². The summed E-state index contributed by atoms with van der Waals surface area (Å²) in [5.41, 5.74) is 9.07. The van der Waals surface area contributed by atoms with Gasteiger partial charge in [0, 0.05) is 31.5 Å². The molecule has 3 N–H and O–H groups in total. The van der Waals surface area contributed by atoms with Crippen molar-refractivity contribution in [1.29, 1.82) is 0 Å². The number of rotatable bonds is 4. The van der Waals surface area contributed by atoms with Gasteiger partial charge in [-0.25, -0.2) is 0 Å². The maximum atomic E-state index is 5.84. The zero-order valence-electron chi connectivity index (χ0n) is 9.17. The minimum Gasteiger partial charge on any atom is -0.398 e. The number of hydrogen-bond donors (Lipinski definition) is 2. The molecule has 3 heteroatoms. The molecule has 14 heavy (non-hydrogen) atoms. The summed E-state index contributed by atoms with van der Waals surface area (Å²) in [6.07, 6.45) is 0. The molecule has 0 atom stereocenters. The van der Waals surface area contributed by atoms with E-state index in [0.717, 1.165) is 24.3 Å². The van der Waals surface area contributed by atoms with Gasteiger partial charge in [0.25, 0.3) is 0 Å². The normalized spacial score (nSPS) is 10.2. The Labute approximate surface area is 85.9 Å². The molecule has 1 aromatic carbocycles. The Hall–Kier alpha value is -1.22. The van der Waals surface area contributed by atoms with Crippen LogP contribution < -0.4 is 16.0 Å². The van der Waals surface area contributed by atoms with Crippen LogP contribution in [0.2, 0.25) is 0 Å². The summed E-state index contributed by atoms with van der Waals surface area (Å²) in [4.78, 5) is 2.21. The largest absolute Gasteiger partial charge is 0.398 e. The maximum Gasteiger partial charge on any atom is 0.0414 e. The maximum absolute atomic E-state index is 5.84. The molecule has 0 aliphatic rings. The highest BCUT2D eigenvalue weighted by Crippen LogP contribution is 2.23. The van der Waals surface area contributed by atoms with E-state index in [1.807, 2.05) is 19.2 Å². The molecule has 0 saturated heterocycles. The number of hydrogen-bond acceptors (Lipinski definition) is 3. The van der Waals surface area contributed by atoms with Gasteiger partial charge in [0.15, 0.2) is 0 Å². The molecule has 0 bridgehead atoms. The van der Waals surface area contributed by atoms with Crippen LogP contribution in [0.25, 0.3) is 0 Å². The van der Waals surface area contributed by atoms with Crippen LogP contribution in [-0.4, -0.2) is 27.2 Å². The second-order valence-electron chi connectivity index (χ2n) is 3.52. The van der Waals surface area contributed by atoms with Crippen LogP contribution in [0.3, 0.4) is 0 Å². The highest BCUT2D eigenvalue weighted by atomic mass is 15.1. The van der Waals surface area contributed by atoms with Crippen molar-refractivity contribution in [2.24, 2.45) is 0 Å². The number of likely N-dealkylation sites (N-methyl/N-ethyl adjacent to an activating group) is 2. The molecule has 0 aromatic heterocycles. The van der Waals surface area contributed by atoms with E-state index >= 15 is 0 Å². The van der Waals surface area contributed by atoms with Crippen LogP contribution in [0.5, 0.6) is 0 Å². The molecule has 0 aliphatic carbocycles. The minimum absolute atomic E-state index is 0.860. The second kappa shape index (κ2) is 4.86. The molecule has 0 amide bonds. The Balaban J connectivity index is 2.79. The van der Waals surface area contributed by atoms with Crippen molar-refractivity contribution >= 4 is 11.4 Å². The standard InChI is InChI=1S/C11H19N3/c1-9-10(12)5-4-6-11(9)14(3)8-7-13-2/h4-6,13H,7-8,12H2,1-3H3. The summed E-state index contributed by atoms with van der Waals surface area (Å²) >= 11 is 0. The van der Waals surface area contributed by atoms with Gasteiger partial charge in [0.05, 0.1) is 0 Å². The van der Waals surface area contributed by atoms with Gasteiger partial charge in [0.1, 0.15) is 0 Å². The van der Waals surface area contributed by atoms with Gasteiger partial charge < -0.3 is 16.0 Å². The first kappa shape index (κ1) is 10.9. The summed E-state index contributed by atoms with van der Waals surface area (Å²) in [6, 6.07) is 6.03. The lowest BCUT2D eigenvalue weighted by atomic mass is 10.1. The first-order chi connectivity index (χ1) is 6.66. The van der Waals surface area contributed by atoms with Gasteiger partial charge in [0.2, 0.25) is 0 Å². The lowest BCUT2D eigenvalue weighted by molar-refractivity contribution is 0.767. The Morgan fingerprint density at radius 2 is 2.14 bits per heavy atom. The molecule has 0 saturated carbocycles. The zero-order chi connectivity index (χ0) is 10.6. The first-order valence-electron chi connectivity index (χ1n) is 4.87. The van der Waals surface area contributed by atoms with Gasteiger partial charge in [-0.1, -0.05) is 6.07 Å². The topological polar surface area (TPSA) is 41.3 Å². The Morgan fingerprint density at radius 3 is 2.79 bits per heavy atom. The van der Waals surface area contributed by atoms with E-state index in [2.05, 4.69) is 30.3 Å². The Morgan fingerprint density at radius 1 is 1.43 bits per heavy atom. The van der Waals surface area contributed by atoms with Crippen molar-refractivity contribution in [3.63, 3.8) is 0 Å².